The molecule has 0 spiro atoms. The van der Waals surface area contributed by atoms with Crippen LogP contribution in [0.1, 0.15) is 36.6 Å². The fourth-order valence-electron chi connectivity index (χ4n) is 2.47. The minimum absolute atomic E-state index is 0.316. The molecule has 0 saturated heterocycles. The van der Waals surface area contributed by atoms with Gasteiger partial charge in [-0.3, -0.25) is 0 Å². The van der Waals surface area contributed by atoms with Gasteiger partial charge in [0.25, 0.3) is 0 Å². The summed E-state index contributed by atoms with van der Waals surface area (Å²) in [5.41, 5.74) is 3.93. The predicted octanol–water partition coefficient (Wildman–Crippen LogP) is 3.55. The highest BCUT2D eigenvalue weighted by Gasteiger charge is 2.12. The smallest absolute Gasteiger partial charge is 0.212 e. The minimum Gasteiger partial charge on any atom is -0.481 e. The number of likely N-dealkylation sites (N-methyl/N-ethyl adjacent to an activating group) is 1. The van der Waals surface area contributed by atoms with Crippen LogP contribution in [0.5, 0.6) is 5.88 Å². The molecule has 0 fully saturated rings. The highest BCUT2D eigenvalue weighted by atomic mass is 16.5. The quantitative estimate of drug-likeness (QED) is 0.844. The number of aromatic nitrogens is 1. The number of benzene rings is 1. The first kappa shape index (κ1) is 15.5. The van der Waals surface area contributed by atoms with E-state index >= 15 is 0 Å². The summed E-state index contributed by atoms with van der Waals surface area (Å²) in [4.78, 5) is 4.29. The third-order valence-electron chi connectivity index (χ3n) is 3.66. The molecule has 1 atom stereocenters. The summed E-state index contributed by atoms with van der Waals surface area (Å²) in [7, 11) is 1.64. The monoisotopic (exact) mass is 284 g/mol. The van der Waals surface area contributed by atoms with E-state index in [1.165, 1.54) is 16.7 Å². The maximum Gasteiger partial charge on any atom is 0.212 e. The number of ether oxygens (including phenoxy) is 1. The molecule has 2 rings (SSSR count). The second-order valence-electron chi connectivity index (χ2n) is 5.12. The van der Waals surface area contributed by atoms with Crippen molar-refractivity contribution in [1.82, 2.24) is 10.3 Å². The van der Waals surface area contributed by atoms with E-state index in [1.54, 1.807) is 7.11 Å². The molecule has 1 aromatic carbocycles. The molecule has 3 heteroatoms. The predicted molar refractivity (Wildman–Crippen MR) is 86.7 cm³/mol. The number of hydrogen-bond acceptors (Lipinski definition) is 3. The van der Waals surface area contributed by atoms with Gasteiger partial charge in [0.05, 0.1) is 7.11 Å². The second kappa shape index (κ2) is 7.79. The topological polar surface area (TPSA) is 34.1 Å². The summed E-state index contributed by atoms with van der Waals surface area (Å²) in [5, 5.41) is 3.57. The van der Waals surface area contributed by atoms with E-state index in [0.29, 0.717) is 11.9 Å². The molecular formula is C18H24N2O. The Labute approximate surface area is 127 Å². The van der Waals surface area contributed by atoms with Gasteiger partial charge in [0.2, 0.25) is 5.88 Å². The zero-order chi connectivity index (χ0) is 15.1. The molecule has 0 aliphatic rings. The van der Waals surface area contributed by atoms with Crippen molar-refractivity contribution in [3.05, 3.63) is 59.3 Å². The molecule has 0 saturated carbocycles. The first-order valence-electron chi connectivity index (χ1n) is 7.58. The molecule has 21 heavy (non-hydrogen) atoms. The molecule has 1 aromatic heterocycles. The Morgan fingerprint density at radius 2 is 2.00 bits per heavy atom. The zero-order valence-corrected chi connectivity index (χ0v) is 13.1. The van der Waals surface area contributed by atoms with Crippen molar-refractivity contribution in [3.8, 4) is 5.88 Å². The van der Waals surface area contributed by atoms with Crippen molar-refractivity contribution < 1.29 is 4.74 Å². The molecule has 0 amide bonds. The van der Waals surface area contributed by atoms with Gasteiger partial charge in [-0.1, -0.05) is 44.2 Å². The van der Waals surface area contributed by atoms with Gasteiger partial charge in [-0.15, -0.1) is 0 Å². The Bertz CT molecular complexity index is 551. The van der Waals surface area contributed by atoms with Gasteiger partial charge >= 0.3 is 0 Å². The highest BCUT2D eigenvalue weighted by Crippen LogP contribution is 2.20. The first-order valence-corrected chi connectivity index (χ1v) is 7.58. The number of nitrogens with one attached hydrogen (secondary N) is 1. The summed E-state index contributed by atoms with van der Waals surface area (Å²) in [6, 6.07) is 13.1. The Hall–Kier alpha value is -1.87. The summed E-state index contributed by atoms with van der Waals surface area (Å²) < 4.78 is 5.11. The molecule has 0 radical (unpaired) electrons. The van der Waals surface area contributed by atoms with E-state index in [9.17, 15) is 0 Å². The Morgan fingerprint density at radius 1 is 1.14 bits per heavy atom. The molecule has 0 bridgehead atoms. The van der Waals surface area contributed by atoms with Crippen LogP contribution in [-0.4, -0.2) is 18.6 Å². The fourth-order valence-corrected chi connectivity index (χ4v) is 2.47. The normalized spacial score (nSPS) is 12.1. The lowest BCUT2D eigenvalue weighted by Crippen LogP contribution is -2.23. The summed E-state index contributed by atoms with van der Waals surface area (Å²) in [6.07, 6.45) is 3.89. The average Bonchev–Trinajstić information content (AvgIpc) is 2.55. The molecule has 1 heterocycles. The number of nitrogens with zero attached hydrogens (tertiary/aromatic N) is 1. The van der Waals surface area contributed by atoms with Crippen molar-refractivity contribution in [3.63, 3.8) is 0 Å². The molecule has 3 nitrogen and oxygen atoms in total. The van der Waals surface area contributed by atoms with Crippen LogP contribution in [0.25, 0.3) is 0 Å². The van der Waals surface area contributed by atoms with Crippen molar-refractivity contribution in [2.75, 3.05) is 13.7 Å². The van der Waals surface area contributed by atoms with E-state index in [2.05, 4.69) is 54.5 Å². The number of hydrogen-bond donors (Lipinski definition) is 1. The van der Waals surface area contributed by atoms with Gasteiger partial charge in [0.15, 0.2) is 0 Å². The number of pyridine rings is 1. The Balaban J connectivity index is 2.17. The van der Waals surface area contributed by atoms with E-state index in [1.807, 2.05) is 12.3 Å². The first-order chi connectivity index (χ1) is 10.3. The lowest BCUT2D eigenvalue weighted by Gasteiger charge is -2.19. The minimum atomic E-state index is 0.316. The van der Waals surface area contributed by atoms with Gasteiger partial charge in [0, 0.05) is 18.3 Å². The second-order valence-corrected chi connectivity index (χ2v) is 5.12. The number of methoxy groups -OCH3 is 1. The SMILES string of the molecule is CCNC(Cc1ccc(OC)nc1)c1cccc(CC)c1. The summed E-state index contributed by atoms with van der Waals surface area (Å²) in [5.74, 6) is 0.659. The lowest BCUT2D eigenvalue weighted by atomic mass is 9.97. The summed E-state index contributed by atoms with van der Waals surface area (Å²) >= 11 is 0. The fraction of sp³-hybridized carbons (Fsp3) is 0.389. The van der Waals surface area contributed by atoms with E-state index in [-0.39, 0.29) is 0 Å². The standard InChI is InChI=1S/C18H24N2O/c1-4-14-7-6-8-16(11-14)17(19-5-2)12-15-9-10-18(21-3)20-13-15/h6-11,13,17,19H,4-5,12H2,1-3H3. The molecule has 0 aliphatic heterocycles. The van der Waals surface area contributed by atoms with Crippen LogP contribution in [0.15, 0.2) is 42.6 Å². The van der Waals surface area contributed by atoms with Crippen LogP contribution < -0.4 is 10.1 Å². The van der Waals surface area contributed by atoms with Crippen molar-refractivity contribution in [2.45, 2.75) is 32.7 Å². The third kappa shape index (κ3) is 4.30. The van der Waals surface area contributed by atoms with E-state index in [4.69, 9.17) is 4.74 Å². The zero-order valence-electron chi connectivity index (χ0n) is 13.1. The van der Waals surface area contributed by atoms with Crippen LogP contribution in [0, 0.1) is 0 Å². The lowest BCUT2D eigenvalue weighted by molar-refractivity contribution is 0.397. The molecule has 0 aliphatic carbocycles. The van der Waals surface area contributed by atoms with Crippen LogP contribution in [0.2, 0.25) is 0 Å². The Kier molecular flexibility index (Phi) is 5.76. The van der Waals surface area contributed by atoms with Gasteiger partial charge in [-0.2, -0.15) is 0 Å². The van der Waals surface area contributed by atoms with Crippen molar-refractivity contribution in [1.29, 1.82) is 0 Å². The summed E-state index contributed by atoms with van der Waals surface area (Å²) in [6.45, 7) is 5.28. The maximum atomic E-state index is 5.11. The van der Waals surface area contributed by atoms with Crippen LogP contribution in [0.3, 0.4) is 0 Å². The molecule has 1 N–H and O–H groups in total. The molecule has 1 unspecified atom stereocenters. The molecular weight excluding hydrogens is 260 g/mol. The third-order valence-corrected chi connectivity index (χ3v) is 3.66. The van der Waals surface area contributed by atoms with Crippen molar-refractivity contribution >= 4 is 0 Å². The van der Waals surface area contributed by atoms with E-state index in [0.717, 1.165) is 19.4 Å². The van der Waals surface area contributed by atoms with Crippen LogP contribution in [-0.2, 0) is 12.8 Å². The maximum absolute atomic E-state index is 5.11. The van der Waals surface area contributed by atoms with Crippen molar-refractivity contribution in [2.24, 2.45) is 0 Å². The van der Waals surface area contributed by atoms with E-state index < -0.39 is 0 Å². The van der Waals surface area contributed by atoms with Gasteiger partial charge < -0.3 is 10.1 Å². The number of rotatable bonds is 7. The van der Waals surface area contributed by atoms with Gasteiger partial charge in [-0.05, 0) is 36.1 Å². The van der Waals surface area contributed by atoms with Gasteiger partial charge in [0.1, 0.15) is 0 Å². The highest BCUT2D eigenvalue weighted by molar-refractivity contribution is 5.28. The van der Waals surface area contributed by atoms with Crippen LogP contribution in [0.4, 0.5) is 0 Å². The number of aryl methyl sites for hydroxylation is 1. The van der Waals surface area contributed by atoms with Gasteiger partial charge in [-0.25, -0.2) is 4.98 Å². The molecule has 2 aromatic rings. The Morgan fingerprint density at radius 3 is 2.62 bits per heavy atom. The molecule has 112 valence electrons. The van der Waals surface area contributed by atoms with Crippen LogP contribution >= 0.6 is 0 Å². The largest absolute Gasteiger partial charge is 0.481 e. The average molecular weight is 284 g/mol.